The fourth-order valence-electron chi connectivity index (χ4n) is 2.71. The van der Waals surface area contributed by atoms with Crippen LogP contribution in [0.15, 0.2) is 46.7 Å². The molecule has 2 heterocycles. The fraction of sp³-hybridized carbons (Fsp3) is 0.294. The standard InChI is InChI=1S/C17H19N3O4S2/c21-16(18-19-17(22)15-8-5-11-25-15)13-6-4-7-14(12-13)26(23,24)20-9-2-1-3-10-20/h4-8,11-12H,1-3,9-10H2,(H,18,21)(H,19,22). The molecule has 3 rings (SSSR count). The molecule has 0 bridgehead atoms. The Morgan fingerprint density at radius 1 is 0.962 bits per heavy atom. The first-order valence-electron chi connectivity index (χ1n) is 8.23. The topological polar surface area (TPSA) is 95.6 Å². The van der Waals surface area contributed by atoms with Crippen LogP contribution >= 0.6 is 11.3 Å². The van der Waals surface area contributed by atoms with Crippen molar-refractivity contribution < 1.29 is 18.0 Å². The summed E-state index contributed by atoms with van der Waals surface area (Å²) in [6, 6.07) is 9.20. The molecule has 1 aromatic heterocycles. The number of piperidine rings is 1. The molecular formula is C17H19N3O4S2. The van der Waals surface area contributed by atoms with E-state index in [2.05, 4.69) is 10.9 Å². The number of hydrogen-bond donors (Lipinski definition) is 2. The van der Waals surface area contributed by atoms with Crippen molar-refractivity contribution >= 4 is 33.2 Å². The highest BCUT2D eigenvalue weighted by atomic mass is 32.2. The number of carbonyl (C=O) groups is 2. The smallest absolute Gasteiger partial charge is 0.267 e. The van der Waals surface area contributed by atoms with Crippen LogP contribution in [-0.2, 0) is 10.0 Å². The summed E-state index contributed by atoms with van der Waals surface area (Å²) in [6.07, 6.45) is 2.71. The van der Waals surface area contributed by atoms with Gasteiger partial charge < -0.3 is 0 Å². The minimum Gasteiger partial charge on any atom is -0.267 e. The van der Waals surface area contributed by atoms with Crippen molar-refractivity contribution in [2.75, 3.05) is 13.1 Å². The van der Waals surface area contributed by atoms with Crippen molar-refractivity contribution in [3.8, 4) is 0 Å². The molecule has 1 fully saturated rings. The van der Waals surface area contributed by atoms with Gasteiger partial charge in [-0.05, 0) is 42.5 Å². The summed E-state index contributed by atoms with van der Waals surface area (Å²) in [5.41, 5.74) is 4.78. The lowest BCUT2D eigenvalue weighted by molar-refractivity contribution is 0.0849. The van der Waals surface area contributed by atoms with Crippen LogP contribution < -0.4 is 10.9 Å². The number of carbonyl (C=O) groups excluding carboxylic acids is 2. The van der Waals surface area contributed by atoms with Crippen LogP contribution in [0.4, 0.5) is 0 Å². The van der Waals surface area contributed by atoms with Crippen LogP contribution in [0, 0.1) is 0 Å². The van der Waals surface area contributed by atoms with Crippen molar-refractivity contribution in [2.45, 2.75) is 24.2 Å². The molecule has 1 saturated heterocycles. The van der Waals surface area contributed by atoms with Crippen molar-refractivity contribution in [3.05, 3.63) is 52.2 Å². The third-order valence-corrected chi connectivity index (χ3v) is 6.85. The molecule has 9 heteroatoms. The Morgan fingerprint density at radius 2 is 1.69 bits per heavy atom. The Labute approximate surface area is 156 Å². The molecule has 1 aliphatic heterocycles. The van der Waals surface area contributed by atoms with Crippen molar-refractivity contribution in [3.63, 3.8) is 0 Å². The molecule has 0 atom stereocenters. The van der Waals surface area contributed by atoms with Gasteiger partial charge in [-0.25, -0.2) is 8.42 Å². The molecule has 138 valence electrons. The van der Waals surface area contributed by atoms with Gasteiger partial charge in [-0.15, -0.1) is 11.3 Å². The number of benzene rings is 1. The van der Waals surface area contributed by atoms with Crippen LogP contribution in [0.5, 0.6) is 0 Å². The van der Waals surface area contributed by atoms with Gasteiger partial charge in [-0.3, -0.25) is 20.4 Å². The van der Waals surface area contributed by atoms with Crippen molar-refractivity contribution in [2.24, 2.45) is 0 Å². The molecular weight excluding hydrogens is 374 g/mol. The molecule has 0 saturated carbocycles. The van der Waals surface area contributed by atoms with Gasteiger partial charge >= 0.3 is 0 Å². The molecule has 1 aromatic carbocycles. The van der Waals surface area contributed by atoms with E-state index in [9.17, 15) is 18.0 Å². The number of nitrogens with one attached hydrogen (secondary N) is 2. The Balaban J connectivity index is 1.70. The molecule has 26 heavy (non-hydrogen) atoms. The van der Waals surface area contributed by atoms with E-state index in [-0.39, 0.29) is 10.5 Å². The second kappa shape index (κ2) is 7.98. The van der Waals surface area contributed by atoms with Crippen LogP contribution in [0.1, 0.15) is 39.3 Å². The minimum absolute atomic E-state index is 0.0802. The Bertz CT molecular complexity index is 888. The number of thiophene rings is 1. The number of amides is 2. The van der Waals surface area contributed by atoms with Crippen LogP contribution in [-0.4, -0.2) is 37.6 Å². The predicted molar refractivity (Wildman–Crippen MR) is 98.3 cm³/mol. The van der Waals surface area contributed by atoms with E-state index in [4.69, 9.17) is 0 Å². The number of rotatable bonds is 4. The second-order valence-corrected chi connectivity index (χ2v) is 8.76. The summed E-state index contributed by atoms with van der Waals surface area (Å²) in [6.45, 7) is 0.991. The normalized spacial score (nSPS) is 15.4. The Morgan fingerprint density at radius 3 is 2.38 bits per heavy atom. The van der Waals surface area contributed by atoms with E-state index in [1.165, 1.54) is 39.9 Å². The maximum Gasteiger partial charge on any atom is 0.279 e. The van der Waals surface area contributed by atoms with Crippen LogP contribution in [0.25, 0.3) is 0 Å². The molecule has 2 N–H and O–H groups in total. The summed E-state index contributed by atoms with van der Waals surface area (Å²) in [5, 5.41) is 1.76. The van der Waals surface area contributed by atoms with Crippen LogP contribution in [0.3, 0.4) is 0 Å². The lowest BCUT2D eigenvalue weighted by atomic mass is 10.2. The van der Waals surface area contributed by atoms with E-state index < -0.39 is 21.8 Å². The predicted octanol–water partition coefficient (Wildman–Crippen LogP) is 2.00. The Hall–Kier alpha value is -2.23. The molecule has 0 unspecified atom stereocenters. The minimum atomic E-state index is -3.62. The fourth-order valence-corrected chi connectivity index (χ4v) is 4.89. The lowest BCUT2D eigenvalue weighted by Gasteiger charge is -2.26. The summed E-state index contributed by atoms with van der Waals surface area (Å²) in [5.74, 6) is -1.00. The number of hydrogen-bond acceptors (Lipinski definition) is 5. The monoisotopic (exact) mass is 393 g/mol. The molecule has 2 aromatic rings. The van der Waals surface area contributed by atoms with Gasteiger partial charge in [0.2, 0.25) is 10.0 Å². The van der Waals surface area contributed by atoms with Gasteiger partial charge in [0.1, 0.15) is 0 Å². The van der Waals surface area contributed by atoms with Crippen LogP contribution in [0.2, 0.25) is 0 Å². The largest absolute Gasteiger partial charge is 0.279 e. The van der Waals surface area contributed by atoms with Gasteiger partial charge in [0.15, 0.2) is 0 Å². The highest BCUT2D eigenvalue weighted by molar-refractivity contribution is 7.89. The van der Waals surface area contributed by atoms with E-state index in [0.29, 0.717) is 18.0 Å². The number of nitrogens with zero attached hydrogens (tertiary/aromatic N) is 1. The van der Waals surface area contributed by atoms with Gasteiger partial charge in [-0.1, -0.05) is 18.6 Å². The maximum atomic E-state index is 12.7. The molecule has 7 nitrogen and oxygen atoms in total. The highest BCUT2D eigenvalue weighted by Crippen LogP contribution is 2.21. The van der Waals surface area contributed by atoms with Gasteiger partial charge in [0.25, 0.3) is 11.8 Å². The first-order chi connectivity index (χ1) is 12.5. The first kappa shape index (κ1) is 18.6. The quantitative estimate of drug-likeness (QED) is 0.777. The average molecular weight is 393 g/mol. The summed E-state index contributed by atoms with van der Waals surface area (Å²) >= 11 is 1.25. The molecule has 0 aliphatic carbocycles. The second-order valence-electron chi connectivity index (χ2n) is 5.88. The third-order valence-electron chi connectivity index (χ3n) is 4.08. The van der Waals surface area contributed by atoms with Gasteiger partial charge in [-0.2, -0.15) is 4.31 Å². The zero-order chi connectivity index (χ0) is 18.6. The lowest BCUT2D eigenvalue weighted by Crippen LogP contribution is -2.41. The number of hydrazine groups is 1. The maximum absolute atomic E-state index is 12.7. The molecule has 2 amide bonds. The summed E-state index contributed by atoms with van der Waals surface area (Å²) in [7, 11) is -3.62. The van der Waals surface area contributed by atoms with E-state index in [1.54, 1.807) is 17.5 Å². The number of sulfonamides is 1. The van der Waals surface area contributed by atoms with Gasteiger partial charge in [0.05, 0.1) is 9.77 Å². The van der Waals surface area contributed by atoms with Gasteiger partial charge in [0, 0.05) is 18.7 Å². The molecule has 0 radical (unpaired) electrons. The molecule has 1 aliphatic rings. The van der Waals surface area contributed by atoms with E-state index >= 15 is 0 Å². The van der Waals surface area contributed by atoms with E-state index in [0.717, 1.165) is 19.3 Å². The first-order valence-corrected chi connectivity index (χ1v) is 10.5. The summed E-state index contributed by atoms with van der Waals surface area (Å²) in [4.78, 5) is 24.6. The highest BCUT2D eigenvalue weighted by Gasteiger charge is 2.26. The zero-order valence-electron chi connectivity index (χ0n) is 14.0. The van der Waals surface area contributed by atoms with Crippen molar-refractivity contribution in [1.82, 2.24) is 15.2 Å². The average Bonchev–Trinajstić information content (AvgIpc) is 3.21. The molecule has 0 spiro atoms. The van der Waals surface area contributed by atoms with E-state index in [1.807, 2.05) is 0 Å². The zero-order valence-corrected chi connectivity index (χ0v) is 15.6. The van der Waals surface area contributed by atoms with Crippen molar-refractivity contribution in [1.29, 1.82) is 0 Å². The SMILES string of the molecule is O=C(NNC(=O)c1cccs1)c1cccc(S(=O)(=O)N2CCCCC2)c1. The Kier molecular flexibility index (Phi) is 5.70. The summed E-state index contributed by atoms with van der Waals surface area (Å²) < 4.78 is 26.9. The third kappa shape index (κ3) is 4.12.